The summed E-state index contributed by atoms with van der Waals surface area (Å²) in [6, 6.07) is 25.3. The molecule has 0 amide bonds. The number of para-hydroxylation sites is 1. The fourth-order valence-corrected chi connectivity index (χ4v) is 2.90. The van der Waals surface area contributed by atoms with E-state index in [0.29, 0.717) is 5.75 Å². The van der Waals surface area contributed by atoms with Crippen molar-refractivity contribution in [1.82, 2.24) is 0 Å². The van der Waals surface area contributed by atoms with E-state index in [4.69, 9.17) is 4.74 Å². The van der Waals surface area contributed by atoms with Gasteiger partial charge in [-0.15, -0.1) is 0 Å². The van der Waals surface area contributed by atoms with Gasteiger partial charge in [0.05, 0.1) is 7.11 Å². The number of benzene rings is 3. The summed E-state index contributed by atoms with van der Waals surface area (Å²) in [5.41, 5.74) is 2.26. The van der Waals surface area contributed by atoms with Crippen LogP contribution >= 0.6 is 0 Å². The minimum Gasteiger partial charge on any atom is -0.496 e. The highest BCUT2D eigenvalue weighted by atomic mass is 16.5. The summed E-state index contributed by atoms with van der Waals surface area (Å²) in [4.78, 5) is 0. The van der Waals surface area contributed by atoms with Gasteiger partial charge in [0.15, 0.2) is 0 Å². The van der Waals surface area contributed by atoms with Crippen LogP contribution in [0.15, 0.2) is 78.9 Å². The molecule has 3 rings (SSSR count). The van der Waals surface area contributed by atoms with Gasteiger partial charge in [0.1, 0.15) is 11.4 Å². The van der Waals surface area contributed by atoms with Gasteiger partial charge in [-0.1, -0.05) is 78.4 Å². The van der Waals surface area contributed by atoms with Gasteiger partial charge < -0.3 is 9.84 Å². The molecule has 0 saturated heterocycles. The van der Waals surface area contributed by atoms with Crippen molar-refractivity contribution in [3.63, 3.8) is 0 Å². The Morgan fingerprint density at radius 2 is 1.30 bits per heavy atom. The topological polar surface area (TPSA) is 29.5 Å². The lowest BCUT2D eigenvalue weighted by Crippen LogP contribution is -2.29. The number of aliphatic hydroxyl groups is 1. The molecule has 0 aliphatic rings. The minimum atomic E-state index is -1.26. The summed E-state index contributed by atoms with van der Waals surface area (Å²) in [5, 5.41) is 11.7. The zero-order valence-corrected chi connectivity index (χ0v) is 13.4. The molecule has 3 aromatic rings. The van der Waals surface area contributed by atoms with Crippen LogP contribution in [0.1, 0.15) is 22.3 Å². The maximum atomic E-state index is 11.7. The largest absolute Gasteiger partial charge is 0.496 e. The zero-order valence-electron chi connectivity index (χ0n) is 13.4. The lowest BCUT2D eigenvalue weighted by molar-refractivity contribution is 0.122. The molecule has 2 heteroatoms. The van der Waals surface area contributed by atoms with Crippen molar-refractivity contribution in [2.75, 3.05) is 7.11 Å². The Balaban J connectivity index is 2.28. The highest BCUT2D eigenvalue weighted by molar-refractivity contribution is 5.52. The van der Waals surface area contributed by atoms with Crippen LogP contribution in [0.25, 0.3) is 0 Å². The van der Waals surface area contributed by atoms with Crippen LogP contribution in [0.3, 0.4) is 0 Å². The first kappa shape index (κ1) is 15.3. The monoisotopic (exact) mass is 304 g/mol. The van der Waals surface area contributed by atoms with Crippen molar-refractivity contribution in [1.29, 1.82) is 0 Å². The smallest absolute Gasteiger partial charge is 0.144 e. The molecule has 0 aliphatic heterocycles. The highest BCUT2D eigenvalue weighted by Gasteiger charge is 2.36. The summed E-state index contributed by atoms with van der Waals surface area (Å²) in [6.45, 7) is 2.04. The SMILES string of the molecule is COc1ccccc1[C@@](O)(c1ccccc1)c1ccc(C)cc1. The van der Waals surface area contributed by atoms with Crippen LogP contribution in [0.4, 0.5) is 0 Å². The number of ether oxygens (including phenoxy) is 1. The Hall–Kier alpha value is -2.58. The van der Waals surface area contributed by atoms with E-state index in [1.807, 2.05) is 85.8 Å². The quantitative estimate of drug-likeness (QED) is 0.729. The van der Waals surface area contributed by atoms with Crippen molar-refractivity contribution in [3.8, 4) is 5.75 Å². The third kappa shape index (κ3) is 2.73. The second-order valence-electron chi connectivity index (χ2n) is 5.64. The fourth-order valence-electron chi connectivity index (χ4n) is 2.90. The number of rotatable bonds is 4. The Morgan fingerprint density at radius 3 is 1.96 bits per heavy atom. The molecule has 0 heterocycles. The molecule has 3 aromatic carbocycles. The molecule has 0 aromatic heterocycles. The maximum Gasteiger partial charge on any atom is 0.144 e. The first-order chi connectivity index (χ1) is 11.2. The molecule has 0 bridgehead atoms. The highest BCUT2D eigenvalue weighted by Crippen LogP contribution is 2.40. The molecule has 0 spiro atoms. The zero-order chi connectivity index (χ0) is 16.3. The van der Waals surface area contributed by atoms with Crippen molar-refractivity contribution in [3.05, 3.63) is 101 Å². The third-order valence-electron chi connectivity index (χ3n) is 4.16. The molecule has 1 N–H and O–H groups in total. The molecule has 0 saturated carbocycles. The first-order valence-corrected chi connectivity index (χ1v) is 7.65. The molecule has 0 unspecified atom stereocenters. The summed E-state index contributed by atoms with van der Waals surface area (Å²) >= 11 is 0. The number of hydrogen-bond donors (Lipinski definition) is 1. The summed E-state index contributed by atoms with van der Waals surface area (Å²) in [7, 11) is 1.62. The summed E-state index contributed by atoms with van der Waals surface area (Å²) in [5.74, 6) is 0.666. The lowest BCUT2D eigenvalue weighted by Gasteiger charge is -2.31. The van der Waals surface area contributed by atoms with Gasteiger partial charge in [-0.25, -0.2) is 0 Å². The van der Waals surface area contributed by atoms with E-state index < -0.39 is 5.60 Å². The van der Waals surface area contributed by atoms with E-state index >= 15 is 0 Å². The van der Waals surface area contributed by atoms with E-state index in [0.717, 1.165) is 22.3 Å². The second kappa shape index (κ2) is 6.27. The fraction of sp³-hybridized carbons (Fsp3) is 0.143. The molecule has 0 fully saturated rings. The Morgan fingerprint density at radius 1 is 0.739 bits per heavy atom. The van der Waals surface area contributed by atoms with Gasteiger partial charge in [-0.3, -0.25) is 0 Å². The first-order valence-electron chi connectivity index (χ1n) is 7.65. The Kier molecular flexibility index (Phi) is 4.18. The van der Waals surface area contributed by atoms with Crippen LogP contribution in [0, 0.1) is 6.92 Å². The lowest BCUT2D eigenvalue weighted by atomic mass is 9.80. The van der Waals surface area contributed by atoms with Gasteiger partial charge in [0.2, 0.25) is 0 Å². The summed E-state index contributed by atoms with van der Waals surface area (Å²) in [6.07, 6.45) is 0. The van der Waals surface area contributed by atoms with E-state index in [1.54, 1.807) is 7.11 Å². The molecule has 0 aliphatic carbocycles. The Labute approximate surface area is 137 Å². The molecular weight excluding hydrogens is 284 g/mol. The number of aryl methyl sites for hydroxylation is 1. The van der Waals surface area contributed by atoms with Crippen molar-refractivity contribution < 1.29 is 9.84 Å². The third-order valence-corrected chi connectivity index (χ3v) is 4.16. The summed E-state index contributed by atoms with van der Waals surface area (Å²) < 4.78 is 5.50. The number of hydrogen-bond acceptors (Lipinski definition) is 2. The predicted molar refractivity (Wildman–Crippen MR) is 92.7 cm³/mol. The molecule has 0 radical (unpaired) electrons. The van der Waals surface area contributed by atoms with Gasteiger partial charge in [-0.05, 0) is 24.1 Å². The molecule has 2 nitrogen and oxygen atoms in total. The molecular formula is C21H20O2. The van der Waals surface area contributed by atoms with E-state index in [1.165, 1.54) is 0 Å². The average molecular weight is 304 g/mol. The second-order valence-corrected chi connectivity index (χ2v) is 5.64. The predicted octanol–water partition coefficient (Wildman–Crippen LogP) is 4.29. The maximum absolute atomic E-state index is 11.7. The van der Waals surface area contributed by atoms with Gasteiger partial charge in [-0.2, -0.15) is 0 Å². The van der Waals surface area contributed by atoms with Crippen LogP contribution in [-0.4, -0.2) is 12.2 Å². The minimum absolute atomic E-state index is 0.666. The van der Waals surface area contributed by atoms with E-state index in [-0.39, 0.29) is 0 Å². The van der Waals surface area contributed by atoms with E-state index in [9.17, 15) is 5.11 Å². The van der Waals surface area contributed by atoms with Crippen LogP contribution < -0.4 is 4.74 Å². The van der Waals surface area contributed by atoms with Crippen LogP contribution in [0.5, 0.6) is 5.75 Å². The number of methoxy groups -OCH3 is 1. The van der Waals surface area contributed by atoms with Crippen molar-refractivity contribution in [2.45, 2.75) is 12.5 Å². The normalized spacial score (nSPS) is 13.3. The molecule has 116 valence electrons. The van der Waals surface area contributed by atoms with Crippen molar-refractivity contribution in [2.24, 2.45) is 0 Å². The van der Waals surface area contributed by atoms with Gasteiger partial charge in [0.25, 0.3) is 0 Å². The molecule has 23 heavy (non-hydrogen) atoms. The standard InChI is InChI=1S/C21H20O2/c1-16-12-14-18(15-13-16)21(22,17-8-4-3-5-9-17)19-10-6-7-11-20(19)23-2/h3-15,22H,1-2H3/t21-/m1/s1. The van der Waals surface area contributed by atoms with Crippen LogP contribution in [0.2, 0.25) is 0 Å². The van der Waals surface area contributed by atoms with Gasteiger partial charge >= 0.3 is 0 Å². The molecule has 1 atom stereocenters. The van der Waals surface area contributed by atoms with E-state index in [2.05, 4.69) is 0 Å². The Bertz CT molecular complexity index is 778. The van der Waals surface area contributed by atoms with Crippen LogP contribution in [-0.2, 0) is 5.60 Å². The average Bonchev–Trinajstić information content (AvgIpc) is 2.62. The van der Waals surface area contributed by atoms with Crippen molar-refractivity contribution >= 4 is 0 Å². The van der Waals surface area contributed by atoms with Gasteiger partial charge in [0, 0.05) is 5.56 Å².